The Morgan fingerprint density at radius 3 is 2.33 bits per heavy atom. The Hall–Kier alpha value is -2.05. The third-order valence-electron chi connectivity index (χ3n) is 3.24. The van der Waals surface area contributed by atoms with Gasteiger partial charge in [-0.3, -0.25) is 4.79 Å². The van der Waals surface area contributed by atoms with E-state index in [0.717, 1.165) is 12.1 Å². The molecule has 1 amide bonds. The quantitative estimate of drug-likeness (QED) is 0.879. The molecule has 2 N–H and O–H groups in total. The number of alkyl halides is 3. The molecule has 2 atom stereocenters. The maximum atomic E-state index is 12.8. The normalized spacial score (nSPS) is 14.3. The van der Waals surface area contributed by atoms with Gasteiger partial charge in [0.15, 0.2) is 0 Å². The first-order valence-electron chi connectivity index (χ1n) is 6.38. The number of hydrogen-bond acceptors (Lipinski definition) is 2. The average Bonchev–Trinajstić information content (AvgIpc) is 2.42. The number of rotatable bonds is 5. The van der Waals surface area contributed by atoms with Gasteiger partial charge in [-0.05, 0) is 18.1 Å². The van der Waals surface area contributed by atoms with Crippen LogP contribution in [0.5, 0.6) is 0 Å². The molecule has 0 aliphatic rings. The summed E-state index contributed by atoms with van der Waals surface area (Å²) in [6, 6.07) is 3.04. The molecule has 0 aliphatic heterocycles. The van der Waals surface area contributed by atoms with Crippen molar-refractivity contribution in [2.75, 3.05) is 0 Å². The minimum Gasteiger partial charge on any atom is -0.480 e. The second kappa shape index (κ2) is 6.60. The summed E-state index contributed by atoms with van der Waals surface area (Å²) in [7, 11) is 0. The van der Waals surface area contributed by atoms with Gasteiger partial charge in [0.05, 0.1) is 11.1 Å². The van der Waals surface area contributed by atoms with Gasteiger partial charge in [-0.2, -0.15) is 13.2 Å². The number of amides is 1. The van der Waals surface area contributed by atoms with Crippen LogP contribution in [0.25, 0.3) is 0 Å². The number of carboxylic acid groups (broad SMARTS) is 1. The number of aliphatic carboxylic acids is 1. The van der Waals surface area contributed by atoms with Crippen molar-refractivity contribution in [1.82, 2.24) is 5.32 Å². The van der Waals surface area contributed by atoms with Crippen molar-refractivity contribution in [3.05, 3.63) is 35.4 Å². The number of hydrogen-bond donors (Lipinski definition) is 2. The summed E-state index contributed by atoms with van der Waals surface area (Å²) in [4.78, 5) is 23.1. The van der Waals surface area contributed by atoms with Crippen LogP contribution in [-0.2, 0) is 11.0 Å². The zero-order chi connectivity index (χ0) is 16.2. The number of carboxylic acids is 1. The summed E-state index contributed by atoms with van der Waals surface area (Å²) in [5.41, 5.74) is -1.67. The SMILES string of the molecule is CCC(C)[C@H](NC(=O)c1ccccc1C(F)(F)F)C(=O)O. The van der Waals surface area contributed by atoms with Crippen molar-refractivity contribution in [2.24, 2.45) is 5.92 Å². The molecule has 21 heavy (non-hydrogen) atoms. The van der Waals surface area contributed by atoms with Gasteiger partial charge in [0, 0.05) is 0 Å². The first-order chi connectivity index (χ1) is 9.68. The van der Waals surface area contributed by atoms with Crippen LogP contribution < -0.4 is 5.32 Å². The van der Waals surface area contributed by atoms with Crippen molar-refractivity contribution >= 4 is 11.9 Å². The van der Waals surface area contributed by atoms with E-state index in [2.05, 4.69) is 5.32 Å². The second-order valence-electron chi connectivity index (χ2n) is 4.72. The molecule has 116 valence electrons. The molecule has 0 saturated heterocycles. The number of nitrogens with one attached hydrogen (secondary N) is 1. The molecular weight excluding hydrogens is 287 g/mol. The highest BCUT2D eigenvalue weighted by atomic mass is 19.4. The van der Waals surface area contributed by atoms with Crippen LogP contribution in [0.3, 0.4) is 0 Å². The van der Waals surface area contributed by atoms with Crippen LogP contribution in [0.4, 0.5) is 13.2 Å². The molecule has 0 saturated carbocycles. The lowest BCUT2D eigenvalue weighted by molar-refractivity contribution is -0.140. The highest BCUT2D eigenvalue weighted by Crippen LogP contribution is 2.31. The van der Waals surface area contributed by atoms with Gasteiger partial charge >= 0.3 is 12.1 Å². The van der Waals surface area contributed by atoms with Crippen LogP contribution in [0.1, 0.15) is 36.2 Å². The largest absolute Gasteiger partial charge is 0.480 e. The Balaban J connectivity index is 3.07. The molecule has 0 aliphatic carbocycles. The molecule has 4 nitrogen and oxygen atoms in total. The van der Waals surface area contributed by atoms with Gasteiger partial charge < -0.3 is 10.4 Å². The van der Waals surface area contributed by atoms with E-state index in [9.17, 15) is 22.8 Å². The standard InChI is InChI=1S/C14H16F3NO3/c1-3-8(2)11(13(20)21)18-12(19)9-6-4-5-7-10(9)14(15,16)17/h4-8,11H,3H2,1-2H3,(H,18,19)(H,20,21)/t8?,11-/m0/s1. The summed E-state index contributed by atoms with van der Waals surface area (Å²) < 4.78 is 38.5. The fourth-order valence-corrected chi connectivity index (χ4v) is 1.83. The summed E-state index contributed by atoms with van der Waals surface area (Å²) >= 11 is 0. The van der Waals surface area contributed by atoms with Gasteiger partial charge in [-0.25, -0.2) is 4.79 Å². The van der Waals surface area contributed by atoms with Crippen molar-refractivity contribution in [3.63, 3.8) is 0 Å². The lowest BCUT2D eigenvalue weighted by Crippen LogP contribution is -2.45. The molecular formula is C14H16F3NO3. The summed E-state index contributed by atoms with van der Waals surface area (Å²) in [5, 5.41) is 11.2. The van der Waals surface area contributed by atoms with E-state index in [1.165, 1.54) is 12.1 Å². The van der Waals surface area contributed by atoms with Crippen LogP contribution in [0.2, 0.25) is 0 Å². The Morgan fingerprint density at radius 2 is 1.86 bits per heavy atom. The van der Waals surface area contributed by atoms with E-state index < -0.39 is 41.1 Å². The van der Waals surface area contributed by atoms with Gasteiger partial charge in [0.1, 0.15) is 6.04 Å². The van der Waals surface area contributed by atoms with Crippen LogP contribution in [0, 0.1) is 5.92 Å². The van der Waals surface area contributed by atoms with E-state index in [0.29, 0.717) is 6.42 Å². The van der Waals surface area contributed by atoms with Crippen molar-refractivity contribution in [2.45, 2.75) is 32.5 Å². The minimum atomic E-state index is -4.68. The lowest BCUT2D eigenvalue weighted by Gasteiger charge is -2.21. The van der Waals surface area contributed by atoms with Crippen LogP contribution >= 0.6 is 0 Å². The third kappa shape index (κ3) is 4.21. The molecule has 1 aromatic rings. The minimum absolute atomic E-state index is 0.399. The lowest BCUT2D eigenvalue weighted by atomic mass is 9.98. The summed E-state index contributed by atoms with van der Waals surface area (Å²) in [6.07, 6.45) is -4.21. The van der Waals surface area contributed by atoms with Gasteiger partial charge in [-0.15, -0.1) is 0 Å². The molecule has 1 unspecified atom stereocenters. The summed E-state index contributed by atoms with van der Waals surface area (Å²) in [6.45, 7) is 3.34. The molecule has 0 spiro atoms. The van der Waals surface area contributed by atoms with Crippen LogP contribution in [-0.4, -0.2) is 23.0 Å². The van der Waals surface area contributed by atoms with Crippen molar-refractivity contribution in [3.8, 4) is 0 Å². The van der Waals surface area contributed by atoms with E-state index in [1.807, 2.05) is 0 Å². The zero-order valence-electron chi connectivity index (χ0n) is 11.6. The predicted octanol–water partition coefficient (Wildman–Crippen LogP) is 2.93. The zero-order valence-corrected chi connectivity index (χ0v) is 11.6. The Bertz CT molecular complexity index is 528. The van der Waals surface area contributed by atoms with Crippen molar-refractivity contribution < 1.29 is 27.9 Å². The van der Waals surface area contributed by atoms with Gasteiger partial charge in [0.2, 0.25) is 0 Å². The molecule has 1 aromatic carbocycles. The molecule has 0 bridgehead atoms. The molecule has 1 rings (SSSR count). The molecule has 0 heterocycles. The maximum absolute atomic E-state index is 12.8. The highest BCUT2D eigenvalue weighted by Gasteiger charge is 2.36. The Morgan fingerprint density at radius 1 is 1.29 bits per heavy atom. The molecule has 7 heteroatoms. The monoisotopic (exact) mass is 303 g/mol. The van der Waals surface area contributed by atoms with Gasteiger partial charge in [0.25, 0.3) is 5.91 Å². The number of halogens is 3. The molecule has 0 radical (unpaired) electrons. The average molecular weight is 303 g/mol. The molecule has 0 fully saturated rings. The number of carbonyl (C=O) groups excluding carboxylic acids is 1. The number of carbonyl (C=O) groups is 2. The predicted molar refractivity (Wildman–Crippen MR) is 69.8 cm³/mol. The van der Waals surface area contributed by atoms with E-state index in [4.69, 9.17) is 5.11 Å². The highest BCUT2D eigenvalue weighted by molar-refractivity contribution is 5.98. The van der Waals surface area contributed by atoms with Crippen LogP contribution in [0.15, 0.2) is 24.3 Å². The summed E-state index contributed by atoms with van der Waals surface area (Å²) in [5.74, 6) is -2.72. The van der Waals surface area contributed by atoms with E-state index in [1.54, 1.807) is 13.8 Å². The fourth-order valence-electron chi connectivity index (χ4n) is 1.83. The van der Waals surface area contributed by atoms with Gasteiger partial charge in [-0.1, -0.05) is 32.4 Å². The van der Waals surface area contributed by atoms with E-state index in [-0.39, 0.29) is 0 Å². The fraction of sp³-hybridized carbons (Fsp3) is 0.429. The Kier molecular flexibility index (Phi) is 5.34. The Labute approximate surface area is 120 Å². The van der Waals surface area contributed by atoms with E-state index >= 15 is 0 Å². The topological polar surface area (TPSA) is 66.4 Å². The first kappa shape index (κ1) is 17.0. The van der Waals surface area contributed by atoms with Crippen molar-refractivity contribution in [1.29, 1.82) is 0 Å². The first-order valence-corrected chi connectivity index (χ1v) is 6.38. The maximum Gasteiger partial charge on any atom is 0.417 e. The smallest absolute Gasteiger partial charge is 0.417 e. The second-order valence-corrected chi connectivity index (χ2v) is 4.72. The number of benzene rings is 1. The third-order valence-corrected chi connectivity index (χ3v) is 3.24. The molecule has 0 aromatic heterocycles.